The summed E-state index contributed by atoms with van der Waals surface area (Å²) in [6.45, 7) is 4.23. The molecule has 0 aliphatic carbocycles. The number of esters is 1. The van der Waals surface area contributed by atoms with E-state index in [9.17, 15) is 18.0 Å². The number of carbonyl (C=O) groups excluding carboxylic acids is 2. The van der Waals surface area contributed by atoms with Gasteiger partial charge in [-0.2, -0.15) is 0 Å². The van der Waals surface area contributed by atoms with E-state index in [4.69, 9.17) is 9.84 Å². The fraction of sp³-hybridized carbons (Fsp3) is 0.300. The minimum absolute atomic E-state index is 0.0408. The lowest BCUT2D eigenvalue weighted by atomic mass is 10.1. The predicted molar refractivity (Wildman–Crippen MR) is 112 cm³/mol. The molecule has 0 radical (unpaired) electrons. The lowest BCUT2D eigenvalue weighted by Crippen LogP contribution is -2.27. The Balaban J connectivity index is 2.60. The second-order valence-corrected chi connectivity index (χ2v) is 10.1. The molecule has 0 fully saturated rings. The van der Waals surface area contributed by atoms with E-state index in [2.05, 4.69) is 21.2 Å². The highest BCUT2D eigenvalue weighted by Gasteiger charge is 2.28. The number of hydrogen-bond donors (Lipinski definition) is 2. The molecule has 2 rings (SSSR count). The van der Waals surface area contributed by atoms with Gasteiger partial charge in [-0.15, -0.1) is 0 Å². The van der Waals surface area contributed by atoms with Crippen LogP contribution in [0.3, 0.4) is 0 Å². The average Bonchev–Trinajstić information content (AvgIpc) is 2.63. The molecule has 0 atom stereocenters. The maximum absolute atomic E-state index is 12.9. The first-order chi connectivity index (χ1) is 13.4. The molecular weight excluding hydrogens is 462 g/mol. The Morgan fingerprint density at radius 2 is 1.72 bits per heavy atom. The fourth-order valence-electron chi connectivity index (χ4n) is 2.52. The summed E-state index contributed by atoms with van der Waals surface area (Å²) in [5.74, 6) is -2.01. The van der Waals surface area contributed by atoms with Gasteiger partial charge in [0.15, 0.2) is 9.84 Å². The summed E-state index contributed by atoms with van der Waals surface area (Å²) in [5, 5.41) is 11.5. The van der Waals surface area contributed by atoms with Gasteiger partial charge in [-0.3, -0.25) is 4.79 Å². The minimum atomic E-state index is -3.76. The molecule has 0 heterocycles. The number of aliphatic hydroxyl groups is 1. The van der Waals surface area contributed by atoms with Gasteiger partial charge in [-0.1, -0.05) is 24.3 Å². The molecule has 2 N–H and O–H groups in total. The van der Waals surface area contributed by atoms with Gasteiger partial charge in [0.25, 0.3) is 0 Å². The molecule has 0 spiro atoms. The highest BCUT2D eigenvalue weighted by atomic mass is 79.9. The van der Waals surface area contributed by atoms with E-state index in [1.807, 2.05) is 0 Å². The third-order valence-electron chi connectivity index (χ3n) is 3.70. The molecule has 1 amide bonds. The van der Waals surface area contributed by atoms with Crippen LogP contribution >= 0.6 is 15.9 Å². The van der Waals surface area contributed by atoms with Crippen molar-refractivity contribution in [2.24, 2.45) is 0 Å². The van der Waals surface area contributed by atoms with Gasteiger partial charge in [0.1, 0.15) is 12.2 Å². The van der Waals surface area contributed by atoms with Crippen LogP contribution in [0.2, 0.25) is 0 Å². The summed E-state index contributed by atoms with van der Waals surface area (Å²) in [7, 11) is -3.76. The van der Waals surface area contributed by atoms with Crippen molar-refractivity contribution in [1.82, 2.24) is 0 Å². The molecule has 9 heteroatoms. The predicted octanol–water partition coefficient (Wildman–Crippen LogP) is 3.31. The van der Waals surface area contributed by atoms with Gasteiger partial charge in [-0.25, -0.2) is 13.2 Å². The molecule has 0 saturated carbocycles. The Morgan fingerprint density at radius 3 is 2.28 bits per heavy atom. The van der Waals surface area contributed by atoms with E-state index < -0.39 is 39.7 Å². The van der Waals surface area contributed by atoms with Gasteiger partial charge in [0.2, 0.25) is 5.91 Å². The van der Waals surface area contributed by atoms with E-state index in [1.165, 1.54) is 24.3 Å². The number of nitrogens with one attached hydrogen (secondary N) is 1. The van der Waals surface area contributed by atoms with Crippen LogP contribution in [0.15, 0.2) is 51.8 Å². The van der Waals surface area contributed by atoms with Crippen molar-refractivity contribution in [2.75, 3.05) is 11.9 Å². The van der Waals surface area contributed by atoms with E-state index in [1.54, 1.807) is 39.0 Å². The normalized spacial score (nSPS) is 11.8. The number of anilines is 1. The zero-order valence-electron chi connectivity index (χ0n) is 16.2. The number of hydrogen-bond acceptors (Lipinski definition) is 6. The van der Waals surface area contributed by atoms with Crippen LogP contribution in [-0.4, -0.2) is 37.6 Å². The quantitative estimate of drug-likeness (QED) is 0.609. The Kier molecular flexibility index (Phi) is 7.20. The molecule has 156 valence electrons. The number of ether oxygens (including phenoxy) is 1. The lowest BCUT2D eigenvalue weighted by Gasteiger charge is -2.22. The van der Waals surface area contributed by atoms with Crippen molar-refractivity contribution in [3.8, 4) is 0 Å². The first kappa shape index (κ1) is 23.1. The maximum Gasteiger partial charge on any atom is 0.341 e. The largest absolute Gasteiger partial charge is 0.456 e. The van der Waals surface area contributed by atoms with E-state index in [0.717, 1.165) is 0 Å². The van der Waals surface area contributed by atoms with Crippen molar-refractivity contribution in [3.05, 3.63) is 58.1 Å². The molecule has 0 unspecified atom stereocenters. The van der Waals surface area contributed by atoms with Crippen molar-refractivity contribution >= 4 is 43.3 Å². The molecule has 0 aliphatic heterocycles. The smallest absolute Gasteiger partial charge is 0.341 e. The van der Waals surface area contributed by atoms with Gasteiger partial charge >= 0.3 is 5.97 Å². The number of rotatable bonds is 6. The van der Waals surface area contributed by atoms with Gasteiger partial charge in [-0.05, 0) is 60.5 Å². The van der Waals surface area contributed by atoms with E-state index in [0.29, 0.717) is 4.47 Å². The number of carbonyl (C=O) groups is 2. The van der Waals surface area contributed by atoms with Crippen molar-refractivity contribution < 1.29 is 27.9 Å². The molecule has 0 bridgehead atoms. The van der Waals surface area contributed by atoms with Gasteiger partial charge < -0.3 is 15.2 Å². The van der Waals surface area contributed by atoms with Crippen LogP contribution < -0.4 is 5.32 Å². The Labute approximate surface area is 178 Å². The molecule has 7 nitrogen and oxygen atoms in total. The summed E-state index contributed by atoms with van der Waals surface area (Å²) in [6.07, 6.45) is 0. The minimum Gasteiger partial charge on any atom is -0.456 e. The van der Waals surface area contributed by atoms with Crippen LogP contribution in [0.25, 0.3) is 0 Å². The summed E-state index contributed by atoms with van der Waals surface area (Å²) >= 11 is 3.26. The molecule has 0 saturated heterocycles. The van der Waals surface area contributed by atoms with Crippen LogP contribution in [0.5, 0.6) is 0 Å². The molecular formula is C20H22BrNO6S. The summed E-state index contributed by atoms with van der Waals surface area (Å²) in [6, 6.07) is 10.9. The van der Waals surface area contributed by atoms with Gasteiger partial charge in [0.05, 0.1) is 21.9 Å². The highest BCUT2D eigenvalue weighted by molar-refractivity contribution is 9.10. The van der Waals surface area contributed by atoms with Crippen LogP contribution in [0.4, 0.5) is 5.69 Å². The van der Waals surface area contributed by atoms with E-state index in [-0.39, 0.29) is 21.7 Å². The second kappa shape index (κ2) is 9.06. The number of benzene rings is 2. The number of aliphatic hydroxyl groups excluding tert-OH is 1. The average molecular weight is 484 g/mol. The zero-order valence-corrected chi connectivity index (χ0v) is 18.6. The summed E-state index contributed by atoms with van der Waals surface area (Å²) in [5.41, 5.74) is -0.720. The standard InChI is InChI=1S/C20H22BrNO6S/c1-20(2,3)28-19(25)17-13(9-10-15(21)18(17)22-16(24)11-23)12-29(26,27)14-7-5-4-6-8-14/h4-10,23H,11-12H2,1-3H3,(H,22,24). The van der Waals surface area contributed by atoms with E-state index >= 15 is 0 Å². The SMILES string of the molecule is CC(C)(C)OC(=O)c1c(CS(=O)(=O)c2ccccc2)ccc(Br)c1NC(=O)CO. The first-order valence-corrected chi connectivity index (χ1v) is 11.1. The molecule has 29 heavy (non-hydrogen) atoms. The number of amides is 1. The fourth-order valence-corrected chi connectivity index (χ4v) is 4.34. The Morgan fingerprint density at radius 1 is 1.10 bits per heavy atom. The third kappa shape index (κ3) is 6.12. The third-order valence-corrected chi connectivity index (χ3v) is 6.04. The number of sulfone groups is 1. The monoisotopic (exact) mass is 483 g/mol. The van der Waals surface area contributed by atoms with Crippen molar-refractivity contribution in [1.29, 1.82) is 0 Å². The second-order valence-electron chi connectivity index (χ2n) is 7.24. The molecule has 2 aromatic carbocycles. The maximum atomic E-state index is 12.9. The van der Waals surface area contributed by atoms with Gasteiger partial charge in [0, 0.05) is 4.47 Å². The first-order valence-electron chi connectivity index (χ1n) is 8.68. The summed E-state index contributed by atoms with van der Waals surface area (Å²) in [4.78, 5) is 24.8. The number of halogens is 1. The Hall–Kier alpha value is -2.23. The van der Waals surface area contributed by atoms with Crippen LogP contribution in [-0.2, 0) is 25.1 Å². The topological polar surface area (TPSA) is 110 Å². The van der Waals surface area contributed by atoms with Crippen LogP contribution in [0.1, 0.15) is 36.7 Å². The van der Waals surface area contributed by atoms with Crippen molar-refractivity contribution in [3.63, 3.8) is 0 Å². The summed E-state index contributed by atoms with van der Waals surface area (Å²) < 4.78 is 31.5. The lowest BCUT2D eigenvalue weighted by molar-refractivity contribution is -0.118. The molecule has 2 aromatic rings. The van der Waals surface area contributed by atoms with Crippen LogP contribution in [0, 0.1) is 0 Å². The molecule has 0 aliphatic rings. The Bertz CT molecular complexity index is 1010. The van der Waals surface area contributed by atoms with Crippen molar-refractivity contribution in [2.45, 2.75) is 37.0 Å². The molecule has 0 aromatic heterocycles. The zero-order chi connectivity index (χ0) is 21.8. The highest BCUT2D eigenvalue weighted by Crippen LogP contribution is 2.33.